The number of nitrogens with one attached hydrogen (secondary N) is 1. The smallest absolute Gasteiger partial charge is 0.216 e. The Bertz CT molecular complexity index is 784. The fourth-order valence-electron chi connectivity index (χ4n) is 3.10. The molecule has 1 aromatic heterocycles. The molecule has 2 aromatic rings. The second-order valence-electron chi connectivity index (χ2n) is 5.90. The fraction of sp³-hybridized carbons (Fsp3) is 0.389. The average molecular weight is 342 g/mol. The number of nitrogens with zero attached hydrogens (tertiary/aromatic N) is 3. The number of aromatic nitrogens is 3. The summed E-state index contributed by atoms with van der Waals surface area (Å²) in [7, 11) is 1.67. The lowest BCUT2D eigenvalue weighted by Gasteiger charge is -2.19. The van der Waals surface area contributed by atoms with E-state index < -0.39 is 0 Å². The van der Waals surface area contributed by atoms with Crippen molar-refractivity contribution in [2.45, 2.75) is 38.0 Å². The maximum Gasteiger partial charge on any atom is 0.216 e. The molecule has 1 aromatic carbocycles. The van der Waals surface area contributed by atoms with E-state index in [2.05, 4.69) is 15.3 Å². The molecule has 0 amide bonds. The molecule has 0 unspecified atom stereocenters. The molecular weight excluding hydrogens is 320 g/mol. The van der Waals surface area contributed by atoms with Crippen molar-refractivity contribution in [3.05, 3.63) is 46.5 Å². The first-order valence-corrected chi connectivity index (χ1v) is 8.72. The second kappa shape index (κ2) is 8.06. The van der Waals surface area contributed by atoms with E-state index in [0.29, 0.717) is 10.7 Å². The van der Waals surface area contributed by atoms with Crippen molar-refractivity contribution in [3.8, 4) is 5.75 Å². The van der Waals surface area contributed by atoms with Gasteiger partial charge in [-0.3, -0.25) is 5.10 Å². The standard InChI is InChI=1S/C18H22N4OS/c1-23-16-12-6-5-8-14(16)11-7-13-19-22-17(20-21-18(22)24)15-9-3-2-4-10-15/h5-8,11-13,15H,2-4,9-10H2,1H3,(H,21,24)/b11-7+,19-13?. The summed E-state index contributed by atoms with van der Waals surface area (Å²) in [6.45, 7) is 0. The second-order valence-corrected chi connectivity index (χ2v) is 6.29. The first kappa shape index (κ1) is 16.6. The number of aromatic amines is 1. The molecule has 3 rings (SSSR count). The van der Waals surface area contributed by atoms with Gasteiger partial charge >= 0.3 is 0 Å². The van der Waals surface area contributed by atoms with Gasteiger partial charge < -0.3 is 4.74 Å². The Morgan fingerprint density at radius 3 is 2.88 bits per heavy atom. The van der Waals surface area contributed by atoms with Crippen molar-refractivity contribution >= 4 is 24.5 Å². The Labute approximate surface area is 147 Å². The van der Waals surface area contributed by atoms with Crippen LogP contribution in [-0.4, -0.2) is 28.2 Å². The topological polar surface area (TPSA) is 55.2 Å². The van der Waals surface area contributed by atoms with E-state index in [1.807, 2.05) is 36.4 Å². The van der Waals surface area contributed by atoms with Crippen molar-refractivity contribution < 1.29 is 4.74 Å². The highest BCUT2D eigenvalue weighted by Crippen LogP contribution is 2.31. The zero-order valence-corrected chi connectivity index (χ0v) is 14.6. The van der Waals surface area contributed by atoms with Gasteiger partial charge in [0.2, 0.25) is 4.77 Å². The van der Waals surface area contributed by atoms with Crippen LogP contribution in [0, 0.1) is 4.77 Å². The summed E-state index contributed by atoms with van der Waals surface area (Å²) >= 11 is 5.31. The summed E-state index contributed by atoms with van der Waals surface area (Å²) < 4.78 is 7.62. The third kappa shape index (κ3) is 3.82. The van der Waals surface area contributed by atoms with Crippen molar-refractivity contribution in [2.75, 3.05) is 7.11 Å². The van der Waals surface area contributed by atoms with Gasteiger partial charge in [0.1, 0.15) is 5.75 Å². The highest BCUT2D eigenvalue weighted by molar-refractivity contribution is 7.71. The molecule has 1 heterocycles. The number of methoxy groups -OCH3 is 1. The van der Waals surface area contributed by atoms with Crippen LogP contribution in [0.25, 0.3) is 6.08 Å². The molecule has 0 bridgehead atoms. The summed E-state index contributed by atoms with van der Waals surface area (Å²) in [5, 5.41) is 11.7. The van der Waals surface area contributed by atoms with Gasteiger partial charge in [0.15, 0.2) is 5.82 Å². The highest BCUT2D eigenvalue weighted by atomic mass is 32.1. The predicted octanol–water partition coefficient (Wildman–Crippen LogP) is 4.54. The normalized spacial score (nSPS) is 16.2. The number of para-hydroxylation sites is 1. The van der Waals surface area contributed by atoms with E-state index in [1.165, 1.54) is 19.3 Å². The molecule has 24 heavy (non-hydrogen) atoms. The quantitative estimate of drug-likeness (QED) is 0.641. The van der Waals surface area contributed by atoms with Crippen molar-refractivity contribution in [2.24, 2.45) is 5.10 Å². The number of allylic oxidation sites excluding steroid dienone is 1. The first-order valence-electron chi connectivity index (χ1n) is 8.31. The molecular formula is C18H22N4OS. The Morgan fingerprint density at radius 1 is 1.29 bits per heavy atom. The predicted molar refractivity (Wildman–Crippen MR) is 99.2 cm³/mol. The number of benzene rings is 1. The summed E-state index contributed by atoms with van der Waals surface area (Å²) in [6.07, 6.45) is 11.7. The fourth-order valence-corrected chi connectivity index (χ4v) is 3.28. The van der Waals surface area contributed by atoms with Gasteiger partial charge in [0.05, 0.1) is 7.11 Å². The summed E-state index contributed by atoms with van der Waals surface area (Å²) in [6, 6.07) is 7.86. The molecule has 1 fully saturated rings. The Balaban J connectivity index is 1.76. The van der Waals surface area contributed by atoms with Gasteiger partial charge in [-0.15, -0.1) is 0 Å². The van der Waals surface area contributed by atoms with E-state index in [9.17, 15) is 0 Å². The van der Waals surface area contributed by atoms with Crippen LogP contribution < -0.4 is 4.74 Å². The van der Waals surface area contributed by atoms with Crippen LogP contribution in [0.15, 0.2) is 35.4 Å². The van der Waals surface area contributed by atoms with E-state index in [0.717, 1.165) is 30.0 Å². The maximum absolute atomic E-state index is 5.33. The molecule has 0 atom stereocenters. The Hall–Kier alpha value is -2.21. The molecule has 1 aliphatic rings. The van der Waals surface area contributed by atoms with Gasteiger partial charge in [-0.1, -0.05) is 37.5 Å². The lowest BCUT2D eigenvalue weighted by molar-refractivity contribution is 0.414. The summed E-state index contributed by atoms with van der Waals surface area (Å²) in [5.41, 5.74) is 1.01. The lowest BCUT2D eigenvalue weighted by atomic mass is 9.89. The van der Waals surface area contributed by atoms with Crippen molar-refractivity contribution in [3.63, 3.8) is 0 Å². The zero-order chi connectivity index (χ0) is 16.8. The van der Waals surface area contributed by atoms with Crippen LogP contribution in [0.5, 0.6) is 5.75 Å². The molecule has 0 radical (unpaired) electrons. The first-order chi connectivity index (χ1) is 11.8. The summed E-state index contributed by atoms with van der Waals surface area (Å²) in [4.78, 5) is 0. The van der Waals surface area contributed by atoms with E-state index in [1.54, 1.807) is 18.0 Å². The molecule has 5 nitrogen and oxygen atoms in total. The molecule has 1 saturated carbocycles. The third-order valence-corrected chi connectivity index (χ3v) is 4.59. The largest absolute Gasteiger partial charge is 0.496 e. The molecule has 1 aliphatic carbocycles. The molecule has 126 valence electrons. The minimum absolute atomic E-state index is 0.446. The molecule has 1 N–H and O–H groups in total. The van der Waals surface area contributed by atoms with E-state index >= 15 is 0 Å². The SMILES string of the molecule is COc1ccccc1/C=C/C=Nn1c(C2CCCCC2)n[nH]c1=S. The molecule has 0 aliphatic heterocycles. The lowest BCUT2D eigenvalue weighted by Crippen LogP contribution is -2.10. The number of ether oxygens (including phenoxy) is 1. The van der Waals surface area contributed by atoms with Crippen molar-refractivity contribution in [1.29, 1.82) is 0 Å². The summed E-state index contributed by atoms with van der Waals surface area (Å²) in [5.74, 6) is 2.23. The number of rotatable bonds is 5. The molecule has 6 heteroatoms. The minimum atomic E-state index is 0.446. The highest BCUT2D eigenvalue weighted by Gasteiger charge is 2.21. The minimum Gasteiger partial charge on any atom is -0.496 e. The van der Waals surface area contributed by atoms with Gasteiger partial charge in [-0.25, -0.2) is 0 Å². The van der Waals surface area contributed by atoms with Gasteiger partial charge in [-0.2, -0.15) is 14.9 Å². The van der Waals surface area contributed by atoms with Crippen LogP contribution in [-0.2, 0) is 0 Å². The monoisotopic (exact) mass is 342 g/mol. The molecule has 0 saturated heterocycles. The third-order valence-electron chi connectivity index (χ3n) is 4.33. The zero-order valence-electron chi connectivity index (χ0n) is 13.8. The van der Waals surface area contributed by atoms with Crippen LogP contribution in [0.2, 0.25) is 0 Å². The Morgan fingerprint density at radius 2 is 2.08 bits per heavy atom. The van der Waals surface area contributed by atoms with Crippen LogP contribution in [0.4, 0.5) is 0 Å². The average Bonchev–Trinajstić information content (AvgIpc) is 3.00. The van der Waals surface area contributed by atoms with E-state index in [-0.39, 0.29) is 0 Å². The number of H-pyrrole nitrogens is 1. The number of hydrogen-bond acceptors (Lipinski definition) is 4. The van der Waals surface area contributed by atoms with Gasteiger partial charge in [-0.05, 0) is 43.3 Å². The van der Waals surface area contributed by atoms with Crippen LogP contribution in [0.3, 0.4) is 0 Å². The van der Waals surface area contributed by atoms with Crippen LogP contribution in [0.1, 0.15) is 49.4 Å². The van der Waals surface area contributed by atoms with Gasteiger partial charge in [0.25, 0.3) is 0 Å². The maximum atomic E-state index is 5.33. The van der Waals surface area contributed by atoms with Gasteiger partial charge in [0, 0.05) is 17.7 Å². The Kier molecular flexibility index (Phi) is 5.59. The van der Waals surface area contributed by atoms with E-state index in [4.69, 9.17) is 17.0 Å². The van der Waals surface area contributed by atoms with Crippen LogP contribution >= 0.6 is 12.2 Å². The molecule has 0 spiro atoms. The number of hydrogen-bond donors (Lipinski definition) is 1. The van der Waals surface area contributed by atoms with Crippen molar-refractivity contribution in [1.82, 2.24) is 14.9 Å².